The van der Waals surface area contributed by atoms with Crippen LogP contribution in [0.15, 0.2) is 18.2 Å². The van der Waals surface area contributed by atoms with Gasteiger partial charge < -0.3 is 10.4 Å². The number of aliphatic hydroxyl groups excluding tert-OH is 1. The third-order valence-corrected chi connectivity index (χ3v) is 3.71. The van der Waals surface area contributed by atoms with Crippen molar-refractivity contribution >= 4 is 46.6 Å². The van der Waals surface area contributed by atoms with E-state index in [1.54, 1.807) is 25.1 Å². The highest BCUT2D eigenvalue weighted by Gasteiger charge is 2.14. The first kappa shape index (κ1) is 14.6. The highest BCUT2D eigenvalue weighted by molar-refractivity contribution is 8.00. The number of carbonyl (C=O) groups excluding carboxylic acids is 1. The lowest BCUT2D eigenvalue weighted by molar-refractivity contribution is -0.115. The highest BCUT2D eigenvalue weighted by Crippen LogP contribution is 2.26. The SMILES string of the molecule is C[C@@H](SCCO)C(=O)Nc1cc(Cl)ccc1Cl. The molecule has 17 heavy (non-hydrogen) atoms. The van der Waals surface area contributed by atoms with Gasteiger partial charge in [0, 0.05) is 10.8 Å². The molecule has 0 spiro atoms. The van der Waals surface area contributed by atoms with E-state index in [1.165, 1.54) is 11.8 Å². The van der Waals surface area contributed by atoms with Crippen LogP contribution in [0.1, 0.15) is 6.92 Å². The van der Waals surface area contributed by atoms with Crippen molar-refractivity contribution in [2.45, 2.75) is 12.2 Å². The van der Waals surface area contributed by atoms with Gasteiger partial charge in [-0.05, 0) is 25.1 Å². The minimum Gasteiger partial charge on any atom is -0.396 e. The van der Waals surface area contributed by atoms with E-state index in [-0.39, 0.29) is 17.8 Å². The van der Waals surface area contributed by atoms with Gasteiger partial charge >= 0.3 is 0 Å². The quantitative estimate of drug-likeness (QED) is 0.877. The van der Waals surface area contributed by atoms with Crippen molar-refractivity contribution in [1.82, 2.24) is 0 Å². The lowest BCUT2D eigenvalue weighted by atomic mass is 10.3. The Balaban J connectivity index is 2.64. The number of amides is 1. The molecule has 2 N–H and O–H groups in total. The Morgan fingerprint density at radius 3 is 2.88 bits per heavy atom. The molecular weight excluding hydrogens is 281 g/mol. The van der Waals surface area contributed by atoms with Gasteiger partial charge in [-0.1, -0.05) is 23.2 Å². The molecule has 1 rings (SSSR count). The topological polar surface area (TPSA) is 49.3 Å². The molecule has 0 aromatic heterocycles. The molecule has 0 heterocycles. The monoisotopic (exact) mass is 293 g/mol. The molecule has 0 fully saturated rings. The predicted octanol–water partition coefficient (Wildman–Crippen LogP) is 3.05. The van der Waals surface area contributed by atoms with E-state index in [0.29, 0.717) is 21.5 Å². The molecule has 0 aliphatic carbocycles. The zero-order chi connectivity index (χ0) is 12.8. The van der Waals surface area contributed by atoms with Crippen LogP contribution in [-0.2, 0) is 4.79 Å². The summed E-state index contributed by atoms with van der Waals surface area (Å²) in [5, 5.41) is 12.1. The third-order valence-electron chi connectivity index (χ3n) is 2.01. The molecule has 1 atom stereocenters. The normalized spacial score (nSPS) is 12.2. The Labute approximate surface area is 114 Å². The molecule has 0 saturated heterocycles. The van der Waals surface area contributed by atoms with Crippen LogP contribution in [0, 0.1) is 0 Å². The molecule has 0 aliphatic heterocycles. The molecule has 1 aromatic rings. The first-order valence-corrected chi connectivity index (χ1v) is 6.83. The fourth-order valence-electron chi connectivity index (χ4n) is 1.13. The molecule has 0 radical (unpaired) electrons. The summed E-state index contributed by atoms with van der Waals surface area (Å²) in [6, 6.07) is 4.89. The fraction of sp³-hybridized carbons (Fsp3) is 0.364. The number of hydrogen-bond acceptors (Lipinski definition) is 3. The van der Waals surface area contributed by atoms with Gasteiger partial charge in [0.25, 0.3) is 0 Å². The zero-order valence-corrected chi connectivity index (χ0v) is 11.6. The van der Waals surface area contributed by atoms with Gasteiger partial charge in [-0.3, -0.25) is 4.79 Å². The molecule has 0 bridgehead atoms. The van der Waals surface area contributed by atoms with Gasteiger partial charge in [-0.15, -0.1) is 11.8 Å². The van der Waals surface area contributed by atoms with E-state index in [1.807, 2.05) is 0 Å². The van der Waals surface area contributed by atoms with Gasteiger partial charge in [0.2, 0.25) is 5.91 Å². The summed E-state index contributed by atoms with van der Waals surface area (Å²) in [6.45, 7) is 1.83. The summed E-state index contributed by atoms with van der Waals surface area (Å²) < 4.78 is 0. The summed E-state index contributed by atoms with van der Waals surface area (Å²) in [6.07, 6.45) is 0. The molecule has 6 heteroatoms. The van der Waals surface area contributed by atoms with Crippen LogP contribution in [0.2, 0.25) is 10.0 Å². The Hall–Kier alpha value is -0.420. The Morgan fingerprint density at radius 2 is 2.24 bits per heavy atom. The maximum atomic E-state index is 11.8. The Bertz CT molecular complexity index is 401. The number of anilines is 1. The zero-order valence-electron chi connectivity index (χ0n) is 9.24. The molecule has 0 unspecified atom stereocenters. The van der Waals surface area contributed by atoms with Crippen molar-refractivity contribution in [1.29, 1.82) is 0 Å². The second kappa shape index (κ2) is 7.11. The maximum absolute atomic E-state index is 11.8. The highest BCUT2D eigenvalue weighted by atomic mass is 35.5. The summed E-state index contributed by atoms with van der Waals surface area (Å²) in [4.78, 5) is 11.8. The smallest absolute Gasteiger partial charge is 0.237 e. The largest absolute Gasteiger partial charge is 0.396 e. The molecular formula is C11H13Cl2NO2S. The molecule has 1 aromatic carbocycles. The molecule has 3 nitrogen and oxygen atoms in total. The number of aliphatic hydroxyl groups is 1. The molecule has 94 valence electrons. The summed E-state index contributed by atoms with van der Waals surface area (Å²) in [7, 11) is 0. The second-order valence-corrected chi connectivity index (χ2v) is 5.64. The number of thioether (sulfide) groups is 1. The number of halogens is 2. The summed E-state index contributed by atoms with van der Waals surface area (Å²) in [5.74, 6) is 0.366. The van der Waals surface area contributed by atoms with E-state index in [0.717, 1.165) is 0 Å². The van der Waals surface area contributed by atoms with E-state index in [4.69, 9.17) is 28.3 Å². The Morgan fingerprint density at radius 1 is 1.53 bits per heavy atom. The lowest BCUT2D eigenvalue weighted by Crippen LogP contribution is -2.23. The molecule has 1 amide bonds. The van der Waals surface area contributed by atoms with E-state index in [2.05, 4.69) is 5.32 Å². The second-order valence-electron chi connectivity index (χ2n) is 3.35. The minimum absolute atomic E-state index is 0.0558. The summed E-state index contributed by atoms with van der Waals surface area (Å²) >= 11 is 13.1. The fourth-order valence-corrected chi connectivity index (χ4v) is 2.14. The molecule has 0 saturated carbocycles. The van der Waals surface area contributed by atoms with E-state index >= 15 is 0 Å². The van der Waals surface area contributed by atoms with Crippen LogP contribution in [0.25, 0.3) is 0 Å². The standard InChI is InChI=1S/C11H13Cl2NO2S/c1-7(17-5-4-15)11(16)14-10-6-8(12)2-3-9(10)13/h2-3,6-7,15H,4-5H2,1H3,(H,14,16)/t7-/m1/s1. The van der Waals surface area contributed by atoms with Crippen molar-refractivity contribution in [3.63, 3.8) is 0 Å². The van der Waals surface area contributed by atoms with Gasteiger partial charge in [-0.25, -0.2) is 0 Å². The van der Waals surface area contributed by atoms with Crippen molar-refractivity contribution in [2.75, 3.05) is 17.7 Å². The average Bonchev–Trinajstić information content (AvgIpc) is 2.30. The lowest BCUT2D eigenvalue weighted by Gasteiger charge is -2.12. The van der Waals surface area contributed by atoms with Crippen molar-refractivity contribution in [3.05, 3.63) is 28.2 Å². The maximum Gasteiger partial charge on any atom is 0.237 e. The first-order chi connectivity index (χ1) is 8.04. The Kier molecular flexibility index (Phi) is 6.12. The first-order valence-electron chi connectivity index (χ1n) is 5.03. The number of hydrogen-bond donors (Lipinski definition) is 2. The van der Waals surface area contributed by atoms with Crippen LogP contribution in [-0.4, -0.2) is 28.6 Å². The van der Waals surface area contributed by atoms with Gasteiger partial charge in [0.1, 0.15) is 0 Å². The molecule has 0 aliphatic rings. The summed E-state index contributed by atoms with van der Waals surface area (Å²) in [5.41, 5.74) is 0.501. The van der Waals surface area contributed by atoms with Crippen LogP contribution in [0.5, 0.6) is 0 Å². The number of benzene rings is 1. The predicted molar refractivity (Wildman–Crippen MR) is 74.1 cm³/mol. The van der Waals surface area contributed by atoms with Crippen LogP contribution in [0.4, 0.5) is 5.69 Å². The van der Waals surface area contributed by atoms with Gasteiger partial charge in [-0.2, -0.15) is 0 Å². The van der Waals surface area contributed by atoms with Crippen molar-refractivity contribution in [2.24, 2.45) is 0 Å². The van der Waals surface area contributed by atoms with Gasteiger partial charge in [0.05, 0.1) is 22.6 Å². The minimum atomic E-state index is -0.253. The van der Waals surface area contributed by atoms with Crippen LogP contribution < -0.4 is 5.32 Å². The average molecular weight is 294 g/mol. The third kappa shape index (κ3) is 4.76. The van der Waals surface area contributed by atoms with Crippen LogP contribution >= 0.6 is 35.0 Å². The van der Waals surface area contributed by atoms with Crippen molar-refractivity contribution < 1.29 is 9.90 Å². The number of rotatable bonds is 5. The van der Waals surface area contributed by atoms with E-state index in [9.17, 15) is 4.79 Å². The van der Waals surface area contributed by atoms with E-state index < -0.39 is 0 Å². The van der Waals surface area contributed by atoms with Crippen LogP contribution in [0.3, 0.4) is 0 Å². The number of nitrogens with one attached hydrogen (secondary N) is 1. The van der Waals surface area contributed by atoms with Gasteiger partial charge in [0.15, 0.2) is 0 Å². The van der Waals surface area contributed by atoms with Crippen molar-refractivity contribution in [3.8, 4) is 0 Å². The number of carbonyl (C=O) groups is 1.